The highest BCUT2D eigenvalue weighted by Crippen LogP contribution is 2.38. The van der Waals surface area contributed by atoms with Crippen molar-refractivity contribution in [2.75, 3.05) is 27.9 Å². The first kappa shape index (κ1) is 27.9. The van der Waals surface area contributed by atoms with Gasteiger partial charge in [0.2, 0.25) is 5.75 Å². The molecule has 3 aromatic carbocycles. The molecular formula is C31H27FN2O6S. The molecule has 4 aromatic rings. The van der Waals surface area contributed by atoms with Gasteiger partial charge in [-0.3, -0.25) is 9.36 Å². The van der Waals surface area contributed by atoms with E-state index in [0.717, 1.165) is 0 Å². The van der Waals surface area contributed by atoms with Gasteiger partial charge in [0.15, 0.2) is 16.3 Å². The summed E-state index contributed by atoms with van der Waals surface area (Å²) < 4.78 is 37.6. The van der Waals surface area contributed by atoms with Crippen molar-refractivity contribution in [2.45, 2.75) is 13.0 Å². The van der Waals surface area contributed by atoms with E-state index in [4.69, 9.17) is 23.9 Å². The molecule has 41 heavy (non-hydrogen) atoms. The van der Waals surface area contributed by atoms with Gasteiger partial charge in [0, 0.05) is 5.56 Å². The minimum absolute atomic E-state index is 0.131. The third-order valence-corrected chi connectivity index (χ3v) is 7.53. The zero-order valence-electron chi connectivity index (χ0n) is 22.8. The second-order valence-electron chi connectivity index (χ2n) is 8.94. The summed E-state index contributed by atoms with van der Waals surface area (Å²) in [5, 5.41) is 0. The molecule has 0 fully saturated rings. The molecule has 0 radical (unpaired) electrons. The summed E-state index contributed by atoms with van der Waals surface area (Å²) in [5.74, 6) is 0.255. The maximum absolute atomic E-state index is 14.0. The van der Waals surface area contributed by atoms with Crippen molar-refractivity contribution in [3.8, 4) is 17.2 Å². The summed E-state index contributed by atoms with van der Waals surface area (Å²) in [6.07, 6.45) is 1.70. The molecule has 10 heteroatoms. The first-order chi connectivity index (χ1) is 19.9. The maximum Gasteiger partial charge on any atom is 0.338 e. The standard InChI is InChI=1S/C31H27FN2O6S/c1-5-40-30(36)25-26(19-9-7-6-8-10-19)33-31-34(27(25)20-11-13-21(32)14-12-20)29(35)24(41-31)17-18-15-22(37-2)28(39-4)23(16-18)38-3/h6-17,27H,5H2,1-4H3/b24-17-. The number of esters is 1. The van der Waals surface area contributed by atoms with Gasteiger partial charge in [0.05, 0.1) is 49.8 Å². The number of rotatable bonds is 8. The van der Waals surface area contributed by atoms with E-state index in [2.05, 4.69) is 0 Å². The van der Waals surface area contributed by atoms with E-state index in [1.54, 1.807) is 37.3 Å². The molecule has 1 atom stereocenters. The number of thiazole rings is 1. The number of fused-ring (bicyclic) bond motifs is 1. The zero-order chi connectivity index (χ0) is 29.1. The molecule has 0 saturated carbocycles. The highest BCUT2D eigenvalue weighted by Gasteiger charge is 2.35. The Morgan fingerprint density at radius 1 is 1.00 bits per heavy atom. The monoisotopic (exact) mass is 574 g/mol. The van der Waals surface area contributed by atoms with Crippen LogP contribution in [0.15, 0.2) is 82.1 Å². The van der Waals surface area contributed by atoms with E-state index >= 15 is 0 Å². The Balaban J connectivity index is 1.81. The minimum atomic E-state index is -0.900. The molecular weight excluding hydrogens is 547 g/mol. The zero-order valence-corrected chi connectivity index (χ0v) is 23.7. The van der Waals surface area contributed by atoms with E-state index in [9.17, 15) is 14.0 Å². The Morgan fingerprint density at radius 2 is 1.66 bits per heavy atom. The molecule has 1 aliphatic heterocycles. The summed E-state index contributed by atoms with van der Waals surface area (Å²) in [7, 11) is 4.54. The molecule has 2 heterocycles. The Bertz CT molecular complexity index is 1790. The number of nitrogens with zero attached hydrogens (tertiary/aromatic N) is 2. The lowest BCUT2D eigenvalue weighted by atomic mass is 9.93. The van der Waals surface area contributed by atoms with Crippen LogP contribution in [0.4, 0.5) is 4.39 Å². The van der Waals surface area contributed by atoms with Crippen LogP contribution in [-0.4, -0.2) is 38.5 Å². The van der Waals surface area contributed by atoms with Crippen molar-refractivity contribution in [1.29, 1.82) is 0 Å². The van der Waals surface area contributed by atoms with Crippen molar-refractivity contribution in [1.82, 2.24) is 4.57 Å². The van der Waals surface area contributed by atoms with Crippen LogP contribution in [-0.2, 0) is 9.53 Å². The molecule has 1 unspecified atom stereocenters. The summed E-state index contributed by atoms with van der Waals surface area (Å²) in [6, 6.07) is 17.5. The van der Waals surface area contributed by atoms with Gasteiger partial charge in [-0.2, -0.15) is 0 Å². The van der Waals surface area contributed by atoms with E-state index in [0.29, 0.717) is 49.0 Å². The molecule has 1 aromatic heterocycles. The van der Waals surface area contributed by atoms with Crippen LogP contribution >= 0.6 is 11.3 Å². The predicted octanol–water partition coefficient (Wildman–Crippen LogP) is 4.10. The summed E-state index contributed by atoms with van der Waals surface area (Å²) in [6.45, 7) is 1.84. The first-order valence-corrected chi connectivity index (χ1v) is 13.6. The van der Waals surface area contributed by atoms with Gasteiger partial charge in [-0.25, -0.2) is 14.2 Å². The first-order valence-electron chi connectivity index (χ1n) is 12.7. The average Bonchev–Trinajstić information content (AvgIpc) is 3.30. The van der Waals surface area contributed by atoms with Crippen LogP contribution in [0.25, 0.3) is 11.8 Å². The van der Waals surface area contributed by atoms with Gasteiger partial charge in [-0.05, 0) is 48.4 Å². The van der Waals surface area contributed by atoms with Gasteiger partial charge >= 0.3 is 5.97 Å². The lowest BCUT2D eigenvalue weighted by Crippen LogP contribution is -2.40. The second-order valence-corrected chi connectivity index (χ2v) is 9.95. The number of halogens is 1. The molecule has 210 valence electrons. The number of methoxy groups -OCH3 is 3. The van der Waals surface area contributed by atoms with Crippen LogP contribution in [0.2, 0.25) is 0 Å². The third kappa shape index (κ3) is 5.26. The van der Waals surface area contributed by atoms with Gasteiger partial charge in [0.25, 0.3) is 5.56 Å². The Kier molecular flexibility index (Phi) is 8.02. The smallest absolute Gasteiger partial charge is 0.338 e. The third-order valence-electron chi connectivity index (χ3n) is 6.54. The molecule has 0 amide bonds. The fourth-order valence-corrected chi connectivity index (χ4v) is 5.74. The number of aromatic nitrogens is 1. The van der Waals surface area contributed by atoms with Crippen LogP contribution in [0.3, 0.4) is 0 Å². The number of hydrogen-bond acceptors (Lipinski definition) is 8. The topological polar surface area (TPSA) is 88.4 Å². The van der Waals surface area contributed by atoms with Gasteiger partial charge < -0.3 is 18.9 Å². The lowest BCUT2D eigenvalue weighted by molar-refractivity contribution is -0.138. The number of benzene rings is 3. The quantitative estimate of drug-likeness (QED) is 0.295. The number of ether oxygens (including phenoxy) is 4. The highest BCUT2D eigenvalue weighted by molar-refractivity contribution is 7.07. The van der Waals surface area contributed by atoms with E-state index < -0.39 is 17.8 Å². The highest BCUT2D eigenvalue weighted by atomic mass is 32.1. The fraction of sp³-hybridized carbons (Fsp3) is 0.194. The average molecular weight is 575 g/mol. The molecule has 5 rings (SSSR count). The fourth-order valence-electron chi connectivity index (χ4n) is 4.74. The van der Waals surface area contributed by atoms with Crippen molar-refractivity contribution in [2.24, 2.45) is 4.99 Å². The summed E-state index contributed by atoms with van der Waals surface area (Å²) in [4.78, 5) is 32.7. The van der Waals surface area contributed by atoms with Crippen molar-refractivity contribution in [3.63, 3.8) is 0 Å². The molecule has 0 aliphatic carbocycles. The van der Waals surface area contributed by atoms with Crippen LogP contribution in [0.1, 0.15) is 29.7 Å². The van der Waals surface area contributed by atoms with Gasteiger partial charge in [-0.1, -0.05) is 53.8 Å². The van der Waals surface area contributed by atoms with Crippen molar-refractivity contribution >= 4 is 29.1 Å². The molecule has 0 saturated heterocycles. The Labute approximate surface area is 239 Å². The van der Waals surface area contributed by atoms with E-state index in [-0.39, 0.29) is 17.7 Å². The predicted molar refractivity (Wildman–Crippen MR) is 154 cm³/mol. The lowest BCUT2D eigenvalue weighted by Gasteiger charge is -2.25. The minimum Gasteiger partial charge on any atom is -0.493 e. The molecule has 0 spiro atoms. The van der Waals surface area contributed by atoms with E-state index in [1.165, 1.54) is 49.4 Å². The normalized spacial score (nSPS) is 14.8. The SMILES string of the molecule is CCOC(=O)C1=C(c2ccccc2)N=c2s/c(=C\c3cc(OC)c(OC)c(OC)c3)c(=O)n2C1c1ccc(F)cc1. The van der Waals surface area contributed by atoms with Crippen LogP contribution in [0.5, 0.6) is 17.2 Å². The number of hydrogen-bond donors (Lipinski definition) is 0. The van der Waals surface area contributed by atoms with Crippen molar-refractivity contribution in [3.05, 3.63) is 114 Å². The van der Waals surface area contributed by atoms with Crippen molar-refractivity contribution < 1.29 is 28.1 Å². The van der Waals surface area contributed by atoms with E-state index in [1.807, 2.05) is 30.3 Å². The summed E-state index contributed by atoms with van der Waals surface area (Å²) >= 11 is 1.18. The molecule has 0 N–H and O–H groups in total. The van der Waals surface area contributed by atoms with Gasteiger partial charge in [0.1, 0.15) is 5.82 Å². The Hall–Kier alpha value is -4.70. The second kappa shape index (κ2) is 11.8. The Morgan fingerprint density at radius 3 is 2.24 bits per heavy atom. The van der Waals surface area contributed by atoms with Crippen LogP contribution < -0.4 is 29.1 Å². The summed E-state index contributed by atoms with van der Waals surface area (Å²) in [5.41, 5.74) is 2.07. The molecule has 8 nitrogen and oxygen atoms in total. The van der Waals surface area contributed by atoms with Gasteiger partial charge in [-0.15, -0.1) is 0 Å². The van der Waals surface area contributed by atoms with Crippen LogP contribution in [0, 0.1) is 5.82 Å². The maximum atomic E-state index is 14.0. The number of carbonyl (C=O) groups is 1. The molecule has 1 aliphatic rings. The molecule has 0 bridgehead atoms. The largest absolute Gasteiger partial charge is 0.493 e. The number of carbonyl (C=O) groups excluding carboxylic acids is 1.